The van der Waals surface area contributed by atoms with Gasteiger partial charge < -0.3 is 45.1 Å². The molecule has 0 bridgehead atoms. The fourth-order valence-corrected chi connectivity index (χ4v) is 9.62. The molecule has 446 valence electrons. The van der Waals surface area contributed by atoms with Crippen LogP contribution in [-0.2, 0) is 23.8 Å². The van der Waals surface area contributed by atoms with Gasteiger partial charge in [-0.25, -0.2) is 0 Å². The molecule has 1 fully saturated rings. The maximum Gasteiger partial charge on any atom is 0.306 e. The average molecular weight is 1080 g/mol. The molecule has 1 rings (SSSR count). The van der Waals surface area contributed by atoms with Crippen molar-refractivity contribution in [2.75, 3.05) is 13.2 Å². The molecule has 1 aliphatic rings. The summed E-state index contributed by atoms with van der Waals surface area (Å²) in [6.45, 7) is 5.67. The fourth-order valence-electron chi connectivity index (χ4n) is 9.62. The quantitative estimate of drug-likeness (QED) is 0.0195. The van der Waals surface area contributed by atoms with Crippen molar-refractivity contribution in [1.82, 2.24) is 5.32 Å². The van der Waals surface area contributed by atoms with Crippen LogP contribution in [0, 0.1) is 0 Å². The fraction of sp³-hybridized carbons (Fsp3) is 0.788. The molecule has 0 aromatic carbocycles. The molecule has 11 heteroatoms. The number of hydrogen-bond donors (Lipinski definition) is 6. The molecule has 0 spiro atoms. The number of carbonyl (C=O) groups is 2. The zero-order chi connectivity index (χ0) is 56.1. The van der Waals surface area contributed by atoms with Crippen LogP contribution in [-0.4, -0.2) is 99.6 Å². The second kappa shape index (κ2) is 53.7. The monoisotopic (exact) mass is 1080 g/mol. The number of unbranched alkanes of at least 4 members (excludes halogenated alkanes) is 29. The van der Waals surface area contributed by atoms with Gasteiger partial charge in [0.15, 0.2) is 12.4 Å². The number of rotatable bonds is 53. The Bertz CT molecular complexity index is 1530. The lowest BCUT2D eigenvalue weighted by Crippen LogP contribution is -2.61. The summed E-state index contributed by atoms with van der Waals surface area (Å²) in [7, 11) is 0. The lowest BCUT2D eigenvalue weighted by molar-refractivity contribution is -0.305. The van der Waals surface area contributed by atoms with Crippen molar-refractivity contribution in [3.05, 3.63) is 72.9 Å². The van der Waals surface area contributed by atoms with Gasteiger partial charge in [0, 0.05) is 6.42 Å². The van der Waals surface area contributed by atoms with Crippen LogP contribution in [0.15, 0.2) is 72.9 Å². The summed E-state index contributed by atoms with van der Waals surface area (Å²) in [4.78, 5) is 26.5. The van der Waals surface area contributed by atoms with Crippen molar-refractivity contribution in [2.24, 2.45) is 0 Å². The predicted octanol–water partition coefficient (Wildman–Crippen LogP) is 15.2. The summed E-state index contributed by atoms with van der Waals surface area (Å²) < 4.78 is 17.6. The zero-order valence-electron chi connectivity index (χ0n) is 49.3. The van der Waals surface area contributed by atoms with Gasteiger partial charge in [-0.2, -0.15) is 0 Å². The number of hydrogen-bond acceptors (Lipinski definition) is 10. The molecule has 1 aliphatic heterocycles. The average Bonchev–Trinajstić information content (AvgIpc) is 3.43. The summed E-state index contributed by atoms with van der Waals surface area (Å²) in [5.41, 5.74) is 0. The third-order valence-electron chi connectivity index (χ3n) is 14.6. The molecule has 6 N–H and O–H groups in total. The van der Waals surface area contributed by atoms with Crippen LogP contribution in [0.3, 0.4) is 0 Å². The van der Waals surface area contributed by atoms with Crippen molar-refractivity contribution in [2.45, 2.75) is 320 Å². The smallest absolute Gasteiger partial charge is 0.306 e. The van der Waals surface area contributed by atoms with Crippen LogP contribution in [0.1, 0.15) is 271 Å². The second-order valence-electron chi connectivity index (χ2n) is 21.8. The SMILES string of the molecule is CC/C=C\C/C=C\C/C=C\C/C=C\C/C=C\CCCCCCCCC(O)C(=O)NC(COC1OC(CO)C(O)C(O)C1OC(=O)CCCCCCCCCCCCCCCC)C(O)/C=C/CCCCCCCCCCCC. The van der Waals surface area contributed by atoms with Crippen LogP contribution in [0.2, 0.25) is 0 Å². The first-order valence-electron chi connectivity index (χ1n) is 31.7. The Balaban J connectivity index is 2.67. The maximum absolute atomic E-state index is 13.4. The predicted molar refractivity (Wildman–Crippen MR) is 319 cm³/mol. The largest absolute Gasteiger partial charge is 0.454 e. The van der Waals surface area contributed by atoms with Gasteiger partial charge in [0.25, 0.3) is 0 Å². The molecule has 1 amide bonds. The summed E-state index contributed by atoms with van der Waals surface area (Å²) in [6, 6.07) is -1.03. The molecule has 1 heterocycles. The molecule has 0 saturated carbocycles. The van der Waals surface area contributed by atoms with Crippen LogP contribution in [0.25, 0.3) is 0 Å². The standard InChI is InChI=1S/C66H117NO10/c1-4-7-10-13-16-19-22-25-27-28-29-30-31-32-33-34-35-38-41-44-47-50-53-59(70)65(74)67-57(58(69)52-49-46-43-40-37-24-21-18-15-12-9-6-3)56-75-66-64(63(73)62(72)60(55-68)76-66)77-61(71)54-51-48-45-42-39-36-26-23-20-17-14-11-8-5-2/h7,10,16,19,25,27,29-30,32-33,49,52,57-60,62-64,66,68-70,72-73H,4-6,8-9,11-15,17-18,20-24,26,28,31,34-48,50-51,53-56H2,1-3H3,(H,67,74)/b10-7-,19-16-,27-25-,30-29-,33-32-,52-49+. The van der Waals surface area contributed by atoms with Gasteiger partial charge in [-0.15, -0.1) is 0 Å². The van der Waals surface area contributed by atoms with Crippen LogP contribution < -0.4 is 5.32 Å². The van der Waals surface area contributed by atoms with Gasteiger partial charge in [0.2, 0.25) is 5.91 Å². The Morgan fingerprint density at radius 3 is 1.40 bits per heavy atom. The van der Waals surface area contributed by atoms with E-state index in [9.17, 15) is 35.1 Å². The summed E-state index contributed by atoms with van der Waals surface area (Å²) in [5, 5.41) is 57.0. The lowest BCUT2D eigenvalue weighted by atomic mass is 9.99. The van der Waals surface area contributed by atoms with Gasteiger partial charge in [-0.1, -0.05) is 267 Å². The van der Waals surface area contributed by atoms with Crippen molar-refractivity contribution < 1.29 is 49.3 Å². The Morgan fingerprint density at radius 1 is 0.519 bits per heavy atom. The van der Waals surface area contributed by atoms with Crippen molar-refractivity contribution >= 4 is 11.9 Å². The van der Waals surface area contributed by atoms with E-state index in [-0.39, 0.29) is 19.4 Å². The van der Waals surface area contributed by atoms with Gasteiger partial charge in [-0.05, 0) is 70.6 Å². The summed E-state index contributed by atoms with van der Waals surface area (Å²) in [5.74, 6) is -1.20. The van der Waals surface area contributed by atoms with Gasteiger partial charge in [0.05, 0.1) is 25.4 Å². The number of ether oxygens (including phenoxy) is 3. The van der Waals surface area contributed by atoms with Crippen molar-refractivity contribution in [3.8, 4) is 0 Å². The highest BCUT2D eigenvalue weighted by Gasteiger charge is 2.47. The lowest BCUT2D eigenvalue weighted by Gasteiger charge is -2.41. The van der Waals surface area contributed by atoms with Crippen LogP contribution in [0.5, 0.6) is 0 Å². The molecule has 0 radical (unpaired) electrons. The third-order valence-corrected chi connectivity index (χ3v) is 14.6. The van der Waals surface area contributed by atoms with E-state index in [2.05, 4.69) is 86.8 Å². The summed E-state index contributed by atoms with van der Waals surface area (Å²) in [6.07, 6.45) is 57.9. The first kappa shape index (κ1) is 72.1. The van der Waals surface area contributed by atoms with Crippen molar-refractivity contribution in [1.29, 1.82) is 0 Å². The molecular weight excluding hydrogens is 967 g/mol. The first-order valence-corrected chi connectivity index (χ1v) is 31.7. The molecule has 0 aliphatic carbocycles. The van der Waals surface area contributed by atoms with E-state index in [0.29, 0.717) is 12.8 Å². The second-order valence-corrected chi connectivity index (χ2v) is 21.8. The normalized spacial score (nSPS) is 19.5. The van der Waals surface area contributed by atoms with E-state index < -0.39 is 67.4 Å². The number of nitrogens with one attached hydrogen (secondary N) is 1. The molecule has 77 heavy (non-hydrogen) atoms. The Kier molecular flexibility index (Phi) is 50.3. The van der Waals surface area contributed by atoms with E-state index in [1.807, 2.05) is 6.08 Å². The number of aliphatic hydroxyl groups excluding tert-OH is 5. The zero-order valence-corrected chi connectivity index (χ0v) is 49.3. The number of carbonyl (C=O) groups excluding carboxylic acids is 2. The summed E-state index contributed by atoms with van der Waals surface area (Å²) >= 11 is 0. The molecule has 11 nitrogen and oxygen atoms in total. The highest BCUT2D eigenvalue weighted by atomic mass is 16.7. The van der Waals surface area contributed by atoms with E-state index in [1.165, 1.54) is 116 Å². The van der Waals surface area contributed by atoms with E-state index >= 15 is 0 Å². The number of amides is 1. The maximum atomic E-state index is 13.4. The minimum Gasteiger partial charge on any atom is -0.454 e. The first-order chi connectivity index (χ1) is 37.7. The highest BCUT2D eigenvalue weighted by Crippen LogP contribution is 2.26. The van der Waals surface area contributed by atoms with Gasteiger partial charge in [0.1, 0.15) is 24.4 Å². The number of esters is 1. The minimum absolute atomic E-state index is 0.123. The minimum atomic E-state index is -1.61. The van der Waals surface area contributed by atoms with E-state index in [4.69, 9.17) is 14.2 Å². The van der Waals surface area contributed by atoms with Crippen LogP contribution in [0.4, 0.5) is 0 Å². The molecule has 1 saturated heterocycles. The Hall–Kier alpha value is -2.90. The Labute approximate surface area is 471 Å². The van der Waals surface area contributed by atoms with E-state index in [0.717, 1.165) is 109 Å². The number of aliphatic hydroxyl groups is 5. The molecular formula is C66H117NO10. The van der Waals surface area contributed by atoms with Crippen molar-refractivity contribution in [3.63, 3.8) is 0 Å². The molecule has 0 aromatic heterocycles. The Morgan fingerprint density at radius 2 is 0.935 bits per heavy atom. The topological polar surface area (TPSA) is 175 Å². The van der Waals surface area contributed by atoms with Gasteiger partial charge in [-0.3, -0.25) is 9.59 Å². The molecule has 8 unspecified atom stereocenters. The molecule has 8 atom stereocenters. The van der Waals surface area contributed by atoms with Gasteiger partial charge >= 0.3 is 5.97 Å². The number of allylic oxidation sites excluding steroid dienone is 11. The highest BCUT2D eigenvalue weighted by molar-refractivity contribution is 5.80. The molecule has 0 aromatic rings. The van der Waals surface area contributed by atoms with E-state index in [1.54, 1.807) is 6.08 Å². The van der Waals surface area contributed by atoms with Crippen LogP contribution >= 0.6 is 0 Å². The third kappa shape index (κ3) is 41.7.